The van der Waals surface area contributed by atoms with Crippen LogP contribution in [0.2, 0.25) is 0 Å². The minimum absolute atomic E-state index is 0.186. The number of hydrogen-bond donors (Lipinski definition) is 1. The van der Waals surface area contributed by atoms with Gasteiger partial charge in [-0.2, -0.15) is 0 Å². The van der Waals surface area contributed by atoms with Crippen molar-refractivity contribution in [3.8, 4) is 0 Å². The average molecular weight is 343 g/mol. The molecule has 0 radical (unpaired) electrons. The molecule has 3 rings (SSSR count). The number of aromatic nitrogens is 2. The zero-order valence-electron chi connectivity index (χ0n) is 15.0. The predicted molar refractivity (Wildman–Crippen MR) is 98.0 cm³/mol. The van der Waals surface area contributed by atoms with E-state index in [9.17, 15) is 4.39 Å². The van der Waals surface area contributed by atoms with Gasteiger partial charge in [0.05, 0.1) is 0 Å². The number of hydrogen-bond acceptors (Lipinski definition) is 5. The van der Waals surface area contributed by atoms with E-state index in [0.29, 0.717) is 6.54 Å². The van der Waals surface area contributed by atoms with Gasteiger partial charge in [0.15, 0.2) is 0 Å². The summed E-state index contributed by atoms with van der Waals surface area (Å²) in [7, 11) is 4.06. The van der Waals surface area contributed by atoms with Crippen molar-refractivity contribution >= 4 is 5.95 Å². The Bertz CT molecular complexity index is 651. The summed E-state index contributed by atoms with van der Waals surface area (Å²) < 4.78 is 13.1. The molecule has 1 N–H and O–H groups in total. The molecule has 1 aromatic carbocycles. The lowest BCUT2D eigenvalue weighted by Gasteiger charge is -2.25. The first-order chi connectivity index (χ1) is 12.1. The maximum Gasteiger partial charge on any atom is 0.225 e. The summed E-state index contributed by atoms with van der Waals surface area (Å²) in [6.45, 7) is 3.60. The third kappa shape index (κ3) is 4.74. The lowest BCUT2D eigenvalue weighted by Crippen LogP contribution is -2.31. The number of likely N-dealkylation sites (N-methyl/N-ethyl adjacent to an activating group) is 1. The molecule has 5 nitrogen and oxygen atoms in total. The Morgan fingerprint density at radius 2 is 1.76 bits per heavy atom. The fraction of sp³-hybridized carbons (Fsp3) is 0.474. The highest BCUT2D eigenvalue weighted by molar-refractivity contribution is 5.31. The second kappa shape index (κ2) is 8.36. The van der Waals surface area contributed by atoms with Gasteiger partial charge in [-0.15, -0.1) is 0 Å². The minimum atomic E-state index is -0.204. The maximum absolute atomic E-state index is 13.1. The highest BCUT2D eigenvalue weighted by Gasteiger charge is 2.15. The van der Waals surface area contributed by atoms with Crippen molar-refractivity contribution in [3.05, 3.63) is 53.6 Å². The molecule has 0 amide bonds. The smallest absolute Gasteiger partial charge is 0.225 e. The van der Waals surface area contributed by atoms with E-state index in [-0.39, 0.29) is 11.9 Å². The van der Waals surface area contributed by atoms with Crippen LogP contribution in [0.1, 0.15) is 30.0 Å². The molecule has 2 heterocycles. The second-order valence-electron chi connectivity index (χ2n) is 6.75. The van der Waals surface area contributed by atoms with Crippen LogP contribution in [-0.4, -0.2) is 48.6 Å². The summed E-state index contributed by atoms with van der Waals surface area (Å²) in [5.74, 6) is 0.628. The van der Waals surface area contributed by atoms with Gasteiger partial charge in [-0.25, -0.2) is 14.4 Å². The number of anilines is 1. The predicted octanol–water partition coefficient (Wildman–Crippen LogP) is 2.61. The molecule has 1 aliphatic heterocycles. The molecular formula is C19H26FN5. The zero-order valence-corrected chi connectivity index (χ0v) is 15.0. The molecule has 1 saturated heterocycles. The lowest BCUT2D eigenvalue weighted by atomic mass is 10.1. The van der Waals surface area contributed by atoms with Crippen LogP contribution in [0.15, 0.2) is 36.7 Å². The van der Waals surface area contributed by atoms with Crippen molar-refractivity contribution in [1.29, 1.82) is 0 Å². The summed E-state index contributed by atoms with van der Waals surface area (Å²) in [5.41, 5.74) is 2.17. The number of benzene rings is 1. The minimum Gasteiger partial charge on any atom is -0.341 e. The van der Waals surface area contributed by atoms with Crippen molar-refractivity contribution in [1.82, 2.24) is 20.2 Å². The standard InChI is InChI=1S/C19H26FN5/c1-24(2)18(16-5-7-17(20)8-6-16)14-21-11-15-12-22-19(23-13-15)25-9-3-4-10-25/h5-8,12-13,18,21H,3-4,9-11,14H2,1-2H3. The Kier molecular flexibility index (Phi) is 5.94. The molecule has 1 aliphatic rings. The van der Waals surface area contributed by atoms with Crippen molar-refractivity contribution in [2.24, 2.45) is 0 Å². The normalized spacial score (nSPS) is 15.8. The molecule has 1 atom stereocenters. The van der Waals surface area contributed by atoms with E-state index in [0.717, 1.165) is 36.7 Å². The first-order valence-corrected chi connectivity index (χ1v) is 8.82. The van der Waals surface area contributed by atoms with Gasteiger partial charge in [-0.1, -0.05) is 12.1 Å². The number of nitrogens with one attached hydrogen (secondary N) is 1. The Hall–Kier alpha value is -2.05. The van der Waals surface area contributed by atoms with Gasteiger partial charge in [0, 0.05) is 50.2 Å². The van der Waals surface area contributed by atoms with E-state index >= 15 is 0 Å². The van der Waals surface area contributed by atoms with Gasteiger partial charge in [-0.05, 0) is 44.6 Å². The van der Waals surface area contributed by atoms with Gasteiger partial charge in [-0.3, -0.25) is 0 Å². The van der Waals surface area contributed by atoms with Crippen molar-refractivity contribution < 1.29 is 4.39 Å². The van der Waals surface area contributed by atoms with Gasteiger partial charge >= 0.3 is 0 Å². The molecule has 0 spiro atoms. The molecule has 25 heavy (non-hydrogen) atoms. The van der Waals surface area contributed by atoms with E-state index in [1.165, 1.54) is 25.0 Å². The maximum atomic E-state index is 13.1. The highest BCUT2D eigenvalue weighted by Crippen LogP contribution is 2.18. The van der Waals surface area contributed by atoms with Gasteiger partial charge in [0.25, 0.3) is 0 Å². The van der Waals surface area contributed by atoms with E-state index < -0.39 is 0 Å². The van der Waals surface area contributed by atoms with E-state index in [2.05, 4.69) is 25.1 Å². The first-order valence-electron chi connectivity index (χ1n) is 8.82. The molecular weight excluding hydrogens is 317 g/mol. The lowest BCUT2D eigenvalue weighted by molar-refractivity contribution is 0.288. The molecule has 1 unspecified atom stereocenters. The molecule has 6 heteroatoms. The SMILES string of the molecule is CN(C)C(CNCc1cnc(N2CCCC2)nc1)c1ccc(F)cc1. The Morgan fingerprint density at radius 3 is 2.36 bits per heavy atom. The molecule has 0 aliphatic carbocycles. The Morgan fingerprint density at radius 1 is 1.12 bits per heavy atom. The van der Waals surface area contributed by atoms with Gasteiger partial charge in [0.1, 0.15) is 5.82 Å². The fourth-order valence-electron chi connectivity index (χ4n) is 3.16. The number of rotatable bonds is 7. The topological polar surface area (TPSA) is 44.3 Å². The first kappa shape index (κ1) is 17.8. The van der Waals surface area contributed by atoms with Crippen LogP contribution in [0, 0.1) is 5.82 Å². The van der Waals surface area contributed by atoms with Gasteiger partial charge in [0.2, 0.25) is 5.95 Å². The zero-order chi connectivity index (χ0) is 17.6. The van der Waals surface area contributed by atoms with E-state index in [4.69, 9.17) is 0 Å². The van der Waals surface area contributed by atoms with Crippen molar-refractivity contribution in [3.63, 3.8) is 0 Å². The van der Waals surface area contributed by atoms with Crippen LogP contribution in [0.5, 0.6) is 0 Å². The summed E-state index contributed by atoms with van der Waals surface area (Å²) in [6, 6.07) is 6.89. The van der Waals surface area contributed by atoms with Crippen molar-refractivity contribution in [2.75, 3.05) is 38.6 Å². The summed E-state index contributed by atoms with van der Waals surface area (Å²) >= 11 is 0. The Balaban J connectivity index is 1.54. The van der Waals surface area contributed by atoms with E-state index in [1.54, 1.807) is 0 Å². The monoisotopic (exact) mass is 343 g/mol. The second-order valence-corrected chi connectivity index (χ2v) is 6.75. The number of halogens is 1. The van der Waals surface area contributed by atoms with Crippen LogP contribution >= 0.6 is 0 Å². The Labute approximate surface area is 148 Å². The van der Waals surface area contributed by atoms with Crippen LogP contribution in [0.4, 0.5) is 10.3 Å². The average Bonchev–Trinajstić information content (AvgIpc) is 3.15. The molecule has 1 aromatic heterocycles. The fourth-order valence-corrected chi connectivity index (χ4v) is 3.16. The highest BCUT2D eigenvalue weighted by atomic mass is 19.1. The van der Waals surface area contributed by atoms with Crippen LogP contribution in [0.25, 0.3) is 0 Å². The summed E-state index contributed by atoms with van der Waals surface area (Å²) in [5, 5.41) is 3.46. The molecule has 2 aromatic rings. The summed E-state index contributed by atoms with van der Waals surface area (Å²) in [4.78, 5) is 13.3. The van der Waals surface area contributed by atoms with E-state index in [1.807, 2.05) is 38.6 Å². The molecule has 1 fully saturated rings. The molecule has 134 valence electrons. The quantitative estimate of drug-likeness (QED) is 0.837. The van der Waals surface area contributed by atoms with Crippen LogP contribution < -0.4 is 10.2 Å². The third-order valence-electron chi connectivity index (χ3n) is 4.63. The molecule has 0 bridgehead atoms. The summed E-state index contributed by atoms with van der Waals surface area (Å²) in [6.07, 6.45) is 6.25. The van der Waals surface area contributed by atoms with Crippen molar-refractivity contribution in [2.45, 2.75) is 25.4 Å². The van der Waals surface area contributed by atoms with Crippen LogP contribution in [-0.2, 0) is 6.54 Å². The van der Waals surface area contributed by atoms with Gasteiger partial charge < -0.3 is 15.1 Å². The third-order valence-corrected chi connectivity index (χ3v) is 4.63. The van der Waals surface area contributed by atoms with Crippen LogP contribution in [0.3, 0.4) is 0 Å². The number of nitrogens with zero attached hydrogens (tertiary/aromatic N) is 4. The largest absolute Gasteiger partial charge is 0.341 e. The molecule has 0 saturated carbocycles.